The molecule has 0 aliphatic carbocycles. The maximum Gasteiger partial charge on any atom is -0.0265 e. The normalized spacial score (nSPS) is 11.0. The van der Waals surface area contributed by atoms with Gasteiger partial charge in [0.15, 0.2) is 0 Å². The zero-order valence-corrected chi connectivity index (χ0v) is 6.72. The highest BCUT2D eigenvalue weighted by Crippen LogP contribution is 2.07. The van der Waals surface area contributed by atoms with Crippen molar-refractivity contribution in [2.75, 3.05) is 0 Å². The van der Waals surface area contributed by atoms with E-state index in [0.717, 1.165) is 11.1 Å². The van der Waals surface area contributed by atoms with Crippen LogP contribution in [-0.2, 0) is 0 Å². The van der Waals surface area contributed by atoms with Gasteiger partial charge in [-0.15, -0.1) is 0 Å². The Morgan fingerprint density at radius 2 is 1.20 bits per heavy atom. The molecule has 0 heterocycles. The van der Waals surface area contributed by atoms with Gasteiger partial charge in [0, 0.05) is 0 Å². The maximum atomic E-state index is 3.83. The van der Waals surface area contributed by atoms with Crippen LogP contribution in [0.1, 0.15) is 13.8 Å². The fourth-order valence-electron chi connectivity index (χ4n) is 0.616. The molecule has 0 aromatic rings. The lowest BCUT2D eigenvalue weighted by Crippen LogP contribution is -1.75. The standard InChI is InChI=1S/C10H14/c1-5-7-9(3)10(4)8-6-2/h5-8H,3-4H2,1-2H3/b7-5+,8-6+. The molecule has 0 spiro atoms. The first-order valence-electron chi connectivity index (χ1n) is 3.36. The van der Waals surface area contributed by atoms with Crippen molar-refractivity contribution in [3.05, 3.63) is 48.6 Å². The van der Waals surface area contributed by atoms with E-state index in [0.29, 0.717) is 0 Å². The van der Waals surface area contributed by atoms with E-state index in [1.54, 1.807) is 0 Å². The third kappa shape index (κ3) is 3.08. The van der Waals surface area contributed by atoms with Crippen LogP contribution in [0.5, 0.6) is 0 Å². The number of hydrogen-bond donors (Lipinski definition) is 0. The van der Waals surface area contributed by atoms with E-state index in [4.69, 9.17) is 0 Å². The van der Waals surface area contributed by atoms with Crippen molar-refractivity contribution in [1.82, 2.24) is 0 Å². The van der Waals surface area contributed by atoms with Crippen LogP contribution in [0.15, 0.2) is 48.6 Å². The summed E-state index contributed by atoms with van der Waals surface area (Å²) in [6.45, 7) is 11.6. The van der Waals surface area contributed by atoms with Crippen LogP contribution in [0.4, 0.5) is 0 Å². The van der Waals surface area contributed by atoms with Gasteiger partial charge in [-0.3, -0.25) is 0 Å². The molecular weight excluding hydrogens is 120 g/mol. The minimum Gasteiger partial charge on any atom is -0.0912 e. The van der Waals surface area contributed by atoms with E-state index in [9.17, 15) is 0 Å². The van der Waals surface area contributed by atoms with Crippen molar-refractivity contribution in [3.8, 4) is 0 Å². The van der Waals surface area contributed by atoms with E-state index in [-0.39, 0.29) is 0 Å². The third-order valence-corrected chi connectivity index (χ3v) is 1.15. The Hall–Kier alpha value is -1.04. The monoisotopic (exact) mass is 134 g/mol. The van der Waals surface area contributed by atoms with E-state index in [1.807, 2.05) is 38.2 Å². The van der Waals surface area contributed by atoms with Crippen molar-refractivity contribution < 1.29 is 0 Å². The Kier molecular flexibility index (Phi) is 4.30. The van der Waals surface area contributed by atoms with Crippen molar-refractivity contribution in [2.24, 2.45) is 0 Å². The molecule has 0 heteroatoms. The van der Waals surface area contributed by atoms with Gasteiger partial charge < -0.3 is 0 Å². The molecule has 0 radical (unpaired) electrons. The van der Waals surface area contributed by atoms with Gasteiger partial charge in [-0.2, -0.15) is 0 Å². The Labute approximate surface area is 63.3 Å². The van der Waals surface area contributed by atoms with Gasteiger partial charge >= 0.3 is 0 Å². The van der Waals surface area contributed by atoms with Crippen molar-refractivity contribution in [3.63, 3.8) is 0 Å². The quantitative estimate of drug-likeness (QED) is 0.520. The second-order valence-corrected chi connectivity index (χ2v) is 2.05. The lowest BCUT2D eigenvalue weighted by molar-refractivity contribution is 1.55. The van der Waals surface area contributed by atoms with Crippen LogP contribution < -0.4 is 0 Å². The molecule has 0 bridgehead atoms. The highest BCUT2D eigenvalue weighted by atomic mass is 13.9. The molecule has 0 nitrogen and oxygen atoms in total. The van der Waals surface area contributed by atoms with Gasteiger partial charge in [0.05, 0.1) is 0 Å². The Morgan fingerprint density at radius 3 is 1.40 bits per heavy atom. The van der Waals surface area contributed by atoms with Crippen LogP contribution >= 0.6 is 0 Å². The molecule has 0 aliphatic rings. The third-order valence-electron chi connectivity index (χ3n) is 1.15. The summed E-state index contributed by atoms with van der Waals surface area (Å²) in [5.41, 5.74) is 1.95. The van der Waals surface area contributed by atoms with Gasteiger partial charge in [0.2, 0.25) is 0 Å². The van der Waals surface area contributed by atoms with Crippen LogP contribution in [0, 0.1) is 0 Å². The number of hydrogen-bond acceptors (Lipinski definition) is 0. The Morgan fingerprint density at radius 1 is 0.900 bits per heavy atom. The molecule has 10 heavy (non-hydrogen) atoms. The van der Waals surface area contributed by atoms with Crippen LogP contribution in [0.25, 0.3) is 0 Å². The molecule has 0 atom stereocenters. The van der Waals surface area contributed by atoms with Gasteiger partial charge in [0.1, 0.15) is 0 Å². The smallest absolute Gasteiger partial charge is 0.0265 e. The number of allylic oxidation sites excluding steroid dienone is 6. The van der Waals surface area contributed by atoms with E-state index in [2.05, 4.69) is 13.2 Å². The zero-order valence-electron chi connectivity index (χ0n) is 6.72. The van der Waals surface area contributed by atoms with Gasteiger partial charge in [0.25, 0.3) is 0 Å². The lowest BCUT2D eigenvalue weighted by atomic mass is 10.1. The molecule has 0 rings (SSSR count). The summed E-state index contributed by atoms with van der Waals surface area (Å²) in [4.78, 5) is 0. The van der Waals surface area contributed by atoms with Crippen molar-refractivity contribution in [1.29, 1.82) is 0 Å². The predicted molar refractivity (Wildman–Crippen MR) is 47.9 cm³/mol. The van der Waals surface area contributed by atoms with Crippen LogP contribution in [0.2, 0.25) is 0 Å². The summed E-state index contributed by atoms with van der Waals surface area (Å²) < 4.78 is 0. The average Bonchev–Trinajstić information content (AvgIpc) is 1.89. The largest absolute Gasteiger partial charge is 0.0912 e. The summed E-state index contributed by atoms with van der Waals surface area (Å²) >= 11 is 0. The Balaban J connectivity index is 4.09. The molecular formula is C10H14. The van der Waals surface area contributed by atoms with Crippen LogP contribution in [0.3, 0.4) is 0 Å². The molecule has 0 saturated carbocycles. The summed E-state index contributed by atoms with van der Waals surface area (Å²) in [7, 11) is 0. The van der Waals surface area contributed by atoms with E-state index < -0.39 is 0 Å². The topological polar surface area (TPSA) is 0 Å². The van der Waals surface area contributed by atoms with Gasteiger partial charge in [-0.25, -0.2) is 0 Å². The fraction of sp³-hybridized carbons (Fsp3) is 0.200. The highest BCUT2D eigenvalue weighted by molar-refractivity contribution is 5.41. The minimum atomic E-state index is 0.973. The molecule has 0 unspecified atom stereocenters. The molecule has 54 valence electrons. The Bertz CT molecular complexity index is 158. The zero-order chi connectivity index (χ0) is 7.98. The number of rotatable bonds is 3. The summed E-state index contributed by atoms with van der Waals surface area (Å²) in [5.74, 6) is 0. The van der Waals surface area contributed by atoms with Gasteiger partial charge in [-0.1, -0.05) is 37.5 Å². The minimum absolute atomic E-state index is 0.973. The van der Waals surface area contributed by atoms with Crippen LogP contribution in [-0.4, -0.2) is 0 Å². The molecule has 0 aromatic heterocycles. The summed E-state index contributed by atoms with van der Waals surface area (Å²) in [6, 6.07) is 0. The molecule has 0 fully saturated rings. The maximum absolute atomic E-state index is 3.83. The first-order valence-corrected chi connectivity index (χ1v) is 3.36. The lowest BCUT2D eigenvalue weighted by Gasteiger charge is -1.95. The first-order chi connectivity index (χ1) is 4.72. The summed E-state index contributed by atoms with van der Waals surface area (Å²) in [5, 5.41) is 0. The first kappa shape index (κ1) is 8.96. The highest BCUT2D eigenvalue weighted by Gasteiger charge is 1.87. The summed E-state index contributed by atoms with van der Waals surface area (Å²) in [6.07, 6.45) is 7.80. The SMILES string of the molecule is C=C(/C=C/C)C(=C)/C=C/C. The van der Waals surface area contributed by atoms with Crippen molar-refractivity contribution in [2.45, 2.75) is 13.8 Å². The van der Waals surface area contributed by atoms with E-state index in [1.165, 1.54) is 0 Å². The van der Waals surface area contributed by atoms with E-state index >= 15 is 0 Å². The molecule has 0 saturated heterocycles. The van der Waals surface area contributed by atoms with Crippen molar-refractivity contribution >= 4 is 0 Å². The molecule has 0 N–H and O–H groups in total. The predicted octanol–water partition coefficient (Wildman–Crippen LogP) is 3.25. The second-order valence-electron chi connectivity index (χ2n) is 2.05. The fourth-order valence-corrected chi connectivity index (χ4v) is 0.616. The van der Waals surface area contributed by atoms with Gasteiger partial charge in [-0.05, 0) is 25.0 Å². The second kappa shape index (κ2) is 4.80. The molecule has 0 amide bonds. The molecule has 0 aromatic carbocycles. The average molecular weight is 134 g/mol. The molecule has 0 aliphatic heterocycles.